The van der Waals surface area contributed by atoms with Crippen LogP contribution in [0, 0.1) is 5.92 Å². The summed E-state index contributed by atoms with van der Waals surface area (Å²) in [6, 6.07) is 7.85. The molecular weight excluding hydrogens is 348 g/mol. The maximum atomic E-state index is 12.3. The van der Waals surface area contributed by atoms with E-state index in [1.54, 1.807) is 7.11 Å². The van der Waals surface area contributed by atoms with E-state index >= 15 is 0 Å². The lowest BCUT2D eigenvalue weighted by atomic mass is 10.00. The molecule has 1 saturated heterocycles. The van der Waals surface area contributed by atoms with Crippen LogP contribution in [0.1, 0.15) is 90.4 Å². The van der Waals surface area contributed by atoms with Crippen LogP contribution < -0.4 is 15.2 Å². The van der Waals surface area contributed by atoms with Gasteiger partial charge in [0.1, 0.15) is 5.75 Å². The summed E-state index contributed by atoms with van der Waals surface area (Å²) in [4.78, 5) is 12.3. The molecule has 4 nitrogen and oxygen atoms in total. The van der Waals surface area contributed by atoms with E-state index in [0.29, 0.717) is 0 Å². The Bertz CT molecular complexity index is 561. The molecule has 1 N–H and O–H groups in total. The van der Waals surface area contributed by atoms with Gasteiger partial charge in [0.2, 0.25) is 5.91 Å². The zero-order valence-corrected chi connectivity index (χ0v) is 18.0. The number of benzene rings is 1. The third-order valence-electron chi connectivity index (χ3n) is 5.79. The van der Waals surface area contributed by atoms with Gasteiger partial charge in [-0.05, 0) is 18.6 Å². The van der Waals surface area contributed by atoms with Crippen molar-refractivity contribution in [2.75, 3.05) is 18.7 Å². The van der Waals surface area contributed by atoms with Gasteiger partial charge in [0, 0.05) is 6.07 Å². The van der Waals surface area contributed by atoms with E-state index < -0.39 is 0 Å². The minimum absolute atomic E-state index is 0.106. The first-order valence-corrected chi connectivity index (χ1v) is 11.5. The molecule has 1 amide bonds. The first kappa shape index (κ1) is 22.6. The highest BCUT2D eigenvalue weighted by Crippen LogP contribution is 2.25. The van der Waals surface area contributed by atoms with Crippen LogP contribution in [0.5, 0.6) is 5.75 Å². The first-order valence-electron chi connectivity index (χ1n) is 11.5. The maximum Gasteiger partial charge on any atom is 0.243 e. The number of ether oxygens (including phenoxy) is 1. The van der Waals surface area contributed by atoms with Gasteiger partial charge in [0.15, 0.2) is 0 Å². The van der Waals surface area contributed by atoms with Crippen LogP contribution in [0.15, 0.2) is 24.3 Å². The second-order valence-corrected chi connectivity index (χ2v) is 8.16. The molecule has 0 aliphatic carbocycles. The van der Waals surface area contributed by atoms with E-state index in [-0.39, 0.29) is 11.8 Å². The third-order valence-corrected chi connectivity index (χ3v) is 5.79. The zero-order valence-electron chi connectivity index (χ0n) is 18.0. The predicted molar refractivity (Wildman–Crippen MR) is 118 cm³/mol. The SMILES string of the molecule is CCCCCCCCCCCCCCC1CN(c2cccc(OC)c2)NC1=O. The summed E-state index contributed by atoms with van der Waals surface area (Å²) >= 11 is 0. The van der Waals surface area contributed by atoms with E-state index in [2.05, 4.69) is 12.3 Å². The van der Waals surface area contributed by atoms with Crippen molar-refractivity contribution >= 4 is 11.6 Å². The third kappa shape index (κ3) is 8.12. The van der Waals surface area contributed by atoms with Crippen molar-refractivity contribution < 1.29 is 9.53 Å². The fourth-order valence-electron chi connectivity index (χ4n) is 3.98. The summed E-state index contributed by atoms with van der Waals surface area (Å²) < 4.78 is 5.28. The molecule has 2 rings (SSSR count). The molecule has 1 atom stereocenters. The molecule has 1 unspecified atom stereocenters. The fourth-order valence-corrected chi connectivity index (χ4v) is 3.98. The number of hydrazine groups is 1. The van der Waals surface area contributed by atoms with Gasteiger partial charge >= 0.3 is 0 Å². The van der Waals surface area contributed by atoms with E-state index in [9.17, 15) is 4.79 Å². The lowest BCUT2D eigenvalue weighted by Gasteiger charge is -2.18. The molecule has 1 fully saturated rings. The molecule has 1 aromatic rings. The number of anilines is 1. The Morgan fingerprint density at radius 2 is 1.57 bits per heavy atom. The Morgan fingerprint density at radius 3 is 2.18 bits per heavy atom. The van der Waals surface area contributed by atoms with Gasteiger partial charge in [-0.2, -0.15) is 0 Å². The topological polar surface area (TPSA) is 41.6 Å². The highest BCUT2D eigenvalue weighted by molar-refractivity contribution is 5.84. The average molecular weight is 389 g/mol. The highest BCUT2D eigenvalue weighted by atomic mass is 16.5. The first-order chi connectivity index (χ1) is 13.7. The van der Waals surface area contributed by atoms with Crippen molar-refractivity contribution in [2.45, 2.75) is 90.4 Å². The monoisotopic (exact) mass is 388 g/mol. The van der Waals surface area contributed by atoms with Crippen molar-refractivity contribution in [1.29, 1.82) is 0 Å². The number of carbonyl (C=O) groups is 1. The summed E-state index contributed by atoms with van der Waals surface area (Å²) in [5, 5.41) is 1.95. The molecule has 0 bridgehead atoms. The van der Waals surface area contributed by atoms with Crippen LogP contribution in [-0.4, -0.2) is 19.6 Å². The number of rotatable bonds is 15. The molecule has 4 heteroatoms. The highest BCUT2D eigenvalue weighted by Gasteiger charge is 2.30. The second kappa shape index (κ2) is 13.5. The molecule has 1 aromatic carbocycles. The van der Waals surface area contributed by atoms with Gasteiger partial charge in [0.25, 0.3) is 0 Å². The summed E-state index contributed by atoms with van der Waals surface area (Å²) in [6.45, 7) is 3.03. The molecule has 0 radical (unpaired) electrons. The molecule has 28 heavy (non-hydrogen) atoms. The summed E-state index contributed by atoms with van der Waals surface area (Å²) in [5.74, 6) is 1.08. The van der Waals surface area contributed by atoms with Crippen LogP contribution in [0.25, 0.3) is 0 Å². The maximum absolute atomic E-state index is 12.3. The van der Waals surface area contributed by atoms with Crippen LogP contribution >= 0.6 is 0 Å². The number of methoxy groups -OCH3 is 1. The molecule has 0 saturated carbocycles. The molecule has 0 spiro atoms. The van der Waals surface area contributed by atoms with Crippen LogP contribution in [0.4, 0.5) is 5.69 Å². The van der Waals surface area contributed by atoms with E-state index in [1.165, 1.54) is 70.6 Å². The molecule has 0 aromatic heterocycles. The van der Waals surface area contributed by atoms with Crippen molar-refractivity contribution in [2.24, 2.45) is 5.92 Å². The molecular formula is C24H40N2O2. The molecule has 1 aliphatic heterocycles. The van der Waals surface area contributed by atoms with Gasteiger partial charge in [0.05, 0.1) is 25.3 Å². The van der Waals surface area contributed by atoms with Crippen molar-refractivity contribution in [1.82, 2.24) is 5.43 Å². The number of nitrogens with one attached hydrogen (secondary N) is 1. The quantitative estimate of drug-likeness (QED) is 0.361. The number of nitrogens with zero attached hydrogens (tertiary/aromatic N) is 1. The number of hydrogen-bond acceptors (Lipinski definition) is 3. The van der Waals surface area contributed by atoms with Gasteiger partial charge in [-0.15, -0.1) is 0 Å². The summed E-state index contributed by atoms with van der Waals surface area (Å²) in [7, 11) is 1.66. The van der Waals surface area contributed by atoms with Gasteiger partial charge in [-0.1, -0.05) is 90.0 Å². The Balaban J connectivity index is 1.51. The zero-order chi connectivity index (χ0) is 20.0. The Labute approximate surface area is 172 Å². The van der Waals surface area contributed by atoms with Gasteiger partial charge < -0.3 is 4.74 Å². The smallest absolute Gasteiger partial charge is 0.243 e. The largest absolute Gasteiger partial charge is 0.497 e. The fraction of sp³-hybridized carbons (Fsp3) is 0.708. The van der Waals surface area contributed by atoms with E-state index in [1.807, 2.05) is 29.3 Å². The molecule has 1 heterocycles. The second-order valence-electron chi connectivity index (χ2n) is 8.16. The number of hydrogen-bond donors (Lipinski definition) is 1. The Hall–Kier alpha value is -1.71. The summed E-state index contributed by atoms with van der Waals surface area (Å²) in [6.07, 6.45) is 17.2. The number of amides is 1. The average Bonchev–Trinajstić information content (AvgIpc) is 3.09. The minimum Gasteiger partial charge on any atom is -0.497 e. The van der Waals surface area contributed by atoms with Gasteiger partial charge in [-0.3, -0.25) is 15.2 Å². The Morgan fingerprint density at radius 1 is 0.964 bits per heavy atom. The van der Waals surface area contributed by atoms with Crippen molar-refractivity contribution in [3.8, 4) is 5.75 Å². The van der Waals surface area contributed by atoms with Crippen LogP contribution in [0.2, 0.25) is 0 Å². The number of carbonyl (C=O) groups excluding carboxylic acids is 1. The standard InChI is InChI=1S/C24H40N2O2/c1-3-4-5-6-7-8-9-10-11-12-13-14-16-21-20-26(25-24(21)27)22-17-15-18-23(19-22)28-2/h15,17-19,21H,3-14,16,20H2,1-2H3,(H,25,27). The van der Waals surface area contributed by atoms with Gasteiger partial charge in [-0.25, -0.2) is 0 Å². The van der Waals surface area contributed by atoms with E-state index in [0.717, 1.165) is 30.8 Å². The van der Waals surface area contributed by atoms with Crippen molar-refractivity contribution in [3.63, 3.8) is 0 Å². The van der Waals surface area contributed by atoms with Crippen molar-refractivity contribution in [3.05, 3.63) is 24.3 Å². The van der Waals surface area contributed by atoms with Crippen LogP contribution in [-0.2, 0) is 4.79 Å². The van der Waals surface area contributed by atoms with Crippen LogP contribution in [0.3, 0.4) is 0 Å². The normalized spacial score (nSPS) is 16.4. The predicted octanol–water partition coefficient (Wildman–Crippen LogP) is 6.25. The number of unbranched alkanes of at least 4 members (excludes halogenated alkanes) is 11. The lowest BCUT2D eigenvalue weighted by molar-refractivity contribution is -0.122. The van der Waals surface area contributed by atoms with E-state index in [4.69, 9.17) is 4.74 Å². The Kier molecular flexibility index (Phi) is 10.9. The molecule has 158 valence electrons. The minimum atomic E-state index is 0.106. The lowest BCUT2D eigenvalue weighted by Crippen LogP contribution is -2.32. The summed E-state index contributed by atoms with van der Waals surface area (Å²) in [5.41, 5.74) is 3.99. The molecule has 1 aliphatic rings.